The number of nitrogens with zero attached hydrogens (tertiary/aromatic N) is 3. The second kappa shape index (κ2) is 12.6. The minimum absolute atomic E-state index is 0.127. The summed E-state index contributed by atoms with van der Waals surface area (Å²) in [6.07, 6.45) is 4.00. The summed E-state index contributed by atoms with van der Waals surface area (Å²) in [6, 6.07) is 25.9. The number of hydrogen-bond acceptors (Lipinski definition) is 5. The maximum atomic E-state index is 14.8. The quantitative estimate of drug-likeness (QED) is 0.168. The summed E-state index contributed by atoms with van der Waals surface area (Å²) in [7, 11) is -4.01. The molecule has 0 amide bonds. The van der Waals surface area contributed by atoms with E-state index in [0.29, 0.717) is 24.5 Å². The van der Waals surface area contributed by atoms with Gasteiger partial charge in [-0.05, 0) is 71.0 Å². The zero-order valence-electron chi connectivity index (χ0n) is 26.1. The number of aliphatic hydroxyl groups excluding tert-OH is 1. The number of rotatable bonds is 9. The van der Waals surface area contributed by atoms with Gasteiger partial charge in [0, 0.05) is 29.9 Å². The molecule has 2 heterocycles. The number of benzene rings is 4. The lowest BCUT2D eigenvalue weighted by Crippen LogP contribution is -2.29. The first-order chi connectivity index (χ1) is 22.3. The van der Waals surface area contributed by atoms with Crippen molar-refractivity contribution in [2.75, 3.05) is 10.9 Å². The van der Waals surface area contributed by atoms with Crippen LogP contribution >= 0.6 is 0 Å². The lowest BCUT2D eigenvalue weighted by atomic mass is 9.93. The molecule has 5 aromatic rings. The van der Waals surface area contributed by atoms with Crippen LogP contribution in [-0.2, 0) is 16.6 Å². The fourth-order valence-electron chi connectivity index (χ4n) is 5.21. The fraction of sp³-hybridized carbons (Fsp3) is 0.194. The summed E-state index contributed by atoms with van der Waals surface area (Å²) in [5, 5.41) is 9.78. The first-order valence-corrected chi connectivity index (χ1v) is 16.5. The number of halogens is 2. The third-order valence-corrected chi connectivity index (χ3v) is 8.99. The van der Waals surface area contributed by atoms with Crippen molar-refractivity contribution >= 4 is 15.9 Å². The van der Waals surface area contributed by atoms with Gasteiger partial charge in [0.15, 0.2) is 0 Å². The van der Waals surface area contributed by atoms with Gasteiger partial charge in [0.05, 0.1) is 24.2 Å². The normalized spacial score (nSPS) is 14.1. The maximum Gasteiger partial charge on any atom is 0.330 e. The van der Waals surface area contributed by atoms with Crippen LogP contribution in [0.15, 0.2) is 109 Å². The van der Waals surface area contributed by atoms with Gasteiger partial charge in [-0.3, -0.25) is 0 Å². The molecule has 0 radical (unpaired) electrons. The second-order valence-electron chi connectivity index (χ2n) is 12.5. The van der Waals surface area contributed by atoms with Gasteiger partial charge in [-0.15, -0.1) is 0 Å². The highest BCUT2D eigenvalue weighted by atomic mass is 32.2. The fourth-order valence-corrected chi connectivity index (χ4v) is 6.26. The minimum Gasteiger partial charge on any atom is -0.494 e. The van der Waals surface area contributed by atoms with E-state index in [9.17, 15) is 22.3 Å². The number of anilines is 1. The molecular formula is C36H34F2N4O4S. The van der Waals surface area contributed by atoms with Crippen molar-refractivity contribution in [3.05, 3.63) is 132 Å². The van der Waals surface area contributed by atoms with E-state index in [4.69, 9.17) is 9.72 Å². The highest BCUT2D eigenvalue weighted by Crippen LogP contribution is 2.30. The molecule has 4 aromatic carbocycles. The van der Waals surface area contributed by atoms with Gasteiger partial charge in [-0.2, -0.15) is 8.42 Å². The molecule has 1 aromatic heterocycles. The summed E-state index contributed by atoms with van der Waals surface area (Å²) in [5.41, 5.74) is 4.38. The summed E-state index contributed by atoms with van der Waals surface area (Å²) in [6.45, 7) is 7.18. The van der Waals surface area contributed by atoms with E-state index in [1.807, 2.05) is 53.3 Å². The van der Waals surface area contributed by atoms with E-state index in [2.05, 4.69) is 20.8 Å². The van der Waals surface area contributed by atoms with Crippen LogP contribution in [0.5, 0.6) is 5.75 Å². The lowest BCUT2D eigenvalue weighted by Gasteiger charge is -2.18. The first kappa shape index (κ1) is 31.8. The topological polar surface area (TPSA) is 96.7 Å². The van der Waals surface area contributed by atoms with Crippen molar-refractivity contribution in [2.45, 2.75) is 33.6 Å². The van der Waals surface area contributed by atoms with E-state index in [1.54, 1.807) is 35.0 Å². The Morgan fingerprint density at radius 1 is 0.894 bits per heavy atom. The molecule has 0 unspecified atom stereocenters. The van der Waals surface area contributed by atoms with Crippen LogP contribution in [0.25, 0.3) is 28.1 Å². The smallest absolute Gasteiger partial charge is 0.330 e. The molecule has 0 bridgehead atoms. The molecule has 11 heteroatoms. The van der Waals surface area contributed by atoms with E-state index >= 15 is 0 Å². The Morgan fingerprint density at radius 2 is 1.64 bits per heavy atom. The van der Waals surface area contributed by atoms with Crippen LogP contribution in [0.3, 0.4) is 0 Å². The van der Waals surface area contributed by atoms with Gasteiger partial charge in [0.2, 0.25) is 5.88 Å². The molecule has 1 aliphatic rings. The lowest BCUT2D eigenvalue weighted by molar-refractivity contribution is 0.243. The van der Waals surface area contributed by atoms with Gasteiger partial charge in [0.25, 0.3) is 0 Å². The number of aliphatic hydroxyl groups is 1. The molecule has 2 N–H and O–H groups in total. The largest absolute Gasteiger partial charge is 0.494 e. The highest BCUT2D eigenvalue weighted by Gasteiger charge is 2.29. The van der Waals surface area contributed by atoms with Crippen LogP contribution < -0.4 is 13.8 Å². The minimum atomic E-state index is -4.01. The Morgan fingerprint density at radius 3 is 2.34 bits per heavy atom. The van der Waals surface area contributed by atoms with Crippen molar-refractivity contribution in [1.29, 1.82) is 0 Å². The number of imidazole rings is 1. The Hall–Kier alpha value is -5.16. The highest BCUT2D eigenvalue weighted by molar-refractivity contribution is 7.91. The SMILES string of the molecule is CC(C)(C)CCOc1cccc(-c2ccc(Cc3nc(-c4ccc(F)cc4F)cn3-c3cccc(N4C=C(O)NS4(=O)=O)c3)cc2)c1. The molecule has 8 nitrogen and oxygen atoms in total. The number of ether oxygens (including phenoxy) is 1. The van der Waals surface area contributed by atoms with E-state index in [0.717, 1.165) is 45.4 Å². The average molecular weight is 657 g/mol. The molecule has 242 valence electrons. The van der Waals surface area contributed by atoms with E-state index < -0.39 is 27.7 Å². The Balaban J connectivity index is 1.31. The van der Waals surface area contributed by atoms with Gasteiger partial charge in [0.1, 0.15) is 23.2 Å². The number of hydrogen-bond donors (Lipinski definition) is 2. The van der Waals surface area contributed by atoms with Crippen molar-refractivity contribution in [2.24, 2.45) is 5.41 Å². The van der Waals surface area contributed by atoms with Crippen LogP contribution in [0, 0.1) is 17.0 Å². The Kier molecular flexibility index (Phi) is 8.50. The maximum absolute atomic E-state index is 14.8. The monoisotopic (exact) mass is 656 g/mol. The molecule has 0 saturated carbocycles. The third kappa shape index (κ3) is 7.30. The molecule has 0 saturated heterocycles. The predicted octanol–water partition coefficient (Wildman–Crippen LogP) is 7.90. The van der Waals surface area contributed by atoms with Gasteiger partial charge in [-0.1, -0.05) is 63.2 Å². The Bertz CT molecular complexity index is 2070. The third-order valence-electron chi connectivity index (χ3n) is 7.68. The van der Waals surface area contributed by atoms with Gasteiger partial charge in [-0.25, -0.2) is 22.8 Å². The van der Waals surface area contributed by atoms with Crippen LogP contribution in [0.1, 0.15) is 38.6 Å². The predicted molar refractivity (Wildman–Crippen MR) is 178 cm³/mol. The van der Waals surface area contributed by atoms with Crippen LogP contribution in [-0.4, -0.2) is 29.7 Å². The molecule has 0 fully saturated rings. The average Bonchev–Trinajstić information content (AvgIpc) is 3.55. The zero-order valence-corrected chi connectivity index (χ0v) is 26.9. The van der Waals surface area contributed by atoms with Crippen molar-refractivity contribution in [3.8, 4) is 33.8 Å². The van der Waals surface area contributed by atoms with Crippen molar-refractivity contribution < 1.29 is 27.0 Å². The Labute approximate surface area is 272 Å². The molecule has 0 aliphatic carbocycles. The number of nitrogens with one attached hydrogen (secondary N) is 1. The standard InChI is InChI=1S/C36H34F2N4O4S/c1-36(2,3)16-17-46-30-9-4-6-26(19-30)25-12-10-24(11-13-25)18-34-39-33(31-15-14-27(37)20-32(31)38)22-41(34)28-7-5-8-29(21-28)42-23-35(43)40-47(42,44)45/h4-15,19-23,40,43H,16-18H2,1-3H3. The van der Waals surface area contributed by atoms with Crippen LogP contribution in [0.4, 0.5) is 14.5 Å². The first-order valence-electron chi connectivity index (χ1n) is 15.0. The molecule has 0 atom stereocenters. The number of aromatic nitrogens is 2. The van der Waals surface area contributed by atoms with E-state index in [-0.39, 0.29) is 22.4 Å². The van der Waals surface area contributed by atoms with Crippen molar-refractivity contribution in [3.63, 3.8) is 0 Å². The van der Waals surface area contributed by atoms with Gasteiger partial charge >= 0.3 is 10.2 Å². The van der Waals surface area contributed by atoms with Gasteiger partial charge < -0.3 is 14.4 Å². The summed E-state index contributed by atoms with van der Waals surface area (Å²) >= 11 is 0. The molecule has 6 rings (SSSR count). The summed E-state index contributed by atoms with van der Waals surface area (Å²) in [4.78, 5) is 4.74. The van der Waals surface area contributed by atoms with Crippen molar-refractivity contribution in [1.82, 2.24) is 14.3 Å². The molecule has 0 spiro atoms. The molecule has 47 heavy (non-hydrogen) atoms. The molecular weight excluding hydrogens is 622 g/mol. The second-order valence-corrected chi connectivity index (χ2v) is 14.1. The van der Waals surface area contributed by atoms with E-state index in [1.165, 1.54) is 12.1 Å². The molecule has 1 aliphatic heterocycles. The van der Waals surface area contributed by atoms with Crippen LogP contribution in [0.2, 0.25) is 0 Å². The zero-order chi connectivity index (χ0) is 33.3. The summed E-state index contributed by atoms with van der Waals surface area (Å²) in [5.74, 6) is -0.597. The summed E-state index contributed by atoms with van der Waals surface area (Å²) < 4.78 is 64.3.